The molecule has 0 fully saturated rings. The lowest BCUT2D eigenvalue weighted by Crippen LogP contribution is -2.16. The van der Waals surface area contributed by atoms with E-state index in [1.54, 1.807) is 0 Å². The Morgan fingerprint density at radius 2 is 1.40 bits per heavy atom. The maximum Gasteiger partial charge on any atom is 0.403 e. The van der Waals surface area contributed by atoms with Crippen LogP contribution in [0, 0.1) is 0 Å². The summed E-state index contributed by atoms with van der Waals surface area (Å²) >= 11 is 5.20. The van der Waals surface area contributed by atoms with Crippen LogP contribution in [-0.2, 0) is 4.74 Å². The lowest BCUT2D eigenvalue weighted by molar-refractivity contribution is 0.181. The van der Waals surface area contributed by atoms with Crippen molar-refractivity contribution in [2.45, 2.75) is 0 Å². The summed E-state index contributed by atoms with van der Waals surface area (Å²) in [6.07, 6.45) is 0.780. The highest BCUT2D eigenvalue weighted by Gasteiger charge is 2.13. The monoisotopic (exact) mass is 303 g/mol. The van der Waals surface area contributed by atoms with Crippen molar-refractivity contribution in [2.75, 3.05) is 12.8 Å². The first-order chi connectivity index (χ1) is 9.27. The Morgan fingerprint density at radius 3 is 1.80 bits per heavy atom. The summed E-state index contributed by atoms with van der Waals surface area (Å²) in [5.41, 5.74) is -0.740. The number of carbonyl (C=O) groups is 1. The summed E-state index contributed by atoms with van der Waals surface area (Å²) in [5.74, 6) is 0. The van der Waals surface area contributed by atoms with Crippen LogP contribution >= 0.6 is 19.5 Å². The van der Waals surface area contributed by atoms with Gasteiger partial charge in [0.1, 0.15) is 0 Å². The fourth-order valence-electron chi connectivity index (χ4n) is 1.84. The zero-order chi connectivity index (χ0) is 13.5. The van der Waals surface area contributed by atoms with Crippen molar-refractivity contribution in [2.24, 2.45) is 0 Å². The summed E-state index contributed by atoms with van der Waals surface area (Å²) in [6, 6.07) is 20.6. The van der Waals surface area contributed by atoms with E-state index in [1.165, 1.54) is 10.6 Å². The normalized spacial score (nSPS) is 9.90. The van der Waals surface area contributed by atoms with Gasteiger partial charge in [0.25, 0.3) is 0 Å². The molecular formula is C15H14BClO2P. The van der Waals surface area contributed by atoms with E-state index in [1.807, 2.05) is 36.4 Å². The third kappa shape index (κ3) is 4.99. The quantitative estimate of drug-likeness (QED) is 0.482. The third-order valence-electron chi connectivity index (χ3n) is 2.67. The van der Waals surface area contributed by atoms with Crippen molar-refractivity contribution in [1.82, 2.24) is 0 Å². The minimum Gasteiger partial charge on any atom is -0.453 e. The molecule has 0 bridgehead atoms. The Balaban J connectivity index is 0.00000200. The molecule has 0 aliphatic heterocycles. The largest absolute Gasteiger partial charge is 0.453 e. The number of ether oxygens (including phenoxy) is 1. The highest BCUT2D eigenvalue weighted by molar-refractivity contribution is 7.73. The van der Waals surface area contributed by atoms with E-state index in [0.717, 1.165) is 6.16 Å². The first-order valence-electron chi connectivity index (χ1n) is 5.97. The predicted molar refractivity (Wildman–Crippen MR) is 86.9 cm³/mol. The van der Waals surface area contributed by atoms with Gasteiger partial charge in [-0.05, 0) is 18.5 Å². The van der Waals surface area contributed by atoms with Crippen molar-refractivity contribution < 1.29 is 9.53 Å². The van der Waals surface area contributed by atoms with E-state index in [9.17, 15) is 4.79 Å². The molecule has 2 rings (SSSR count). The molecule has 101 valence electrons. The Hall–Kier alpha value is -1.31. The van der Waals surface area contributed by atoms with Gasteiger partial charge in [0.05, 0.1) is 6.61 Å². The van der Waals surface area contributed by atoms with Gasteiger partial charge in [0.15, 0.2) is 0 Å². The molecule has 20 heavy (non-hydrogen) atoms. The zero-order valence-corrected chi connectivity index (χ0v) is 12.6. The van der Waals surface area contributed by atoms with Gasteiger partial charge in [-0.25, -0.2) is 4.79 Å². The van der Waals surface area contributed by atoms with Gasteiger partial charge in [-0.2, -0.15) is 0 Å². The van der Waals surface area contributed by atoms with Crippen molar-refractivity contribution in [3.05, 3.63) is 60.7 Å². The molecule has 0 atom stereocenters. The highest BCUT2D eigenvalue weighted by Crippen LogP contribution is 2.32. The molecule has 0 amide bonds. The summed E-state index contributed by atoms with van der Waals surface area (Å²) in [4.78, 5) is 10.6. The van der Waals surface area contributed by atoms with Crippen molar-refractivity contribution in [1.29, 1.82) is 0 Å². The molecule has 5 heteroatoms. The number of carbonyl (C=O) groups excluding carboxylic acids is 1. The molecule has 0 saturated heterocycles. The van der Waals surface area contributed by atoms with Gasteiger partial charge in [0, 0.05) is 26.2 Å². The number of hydrogen-bond acceptors (Lipinski definition) is 2. The van der Waals surface area contributed by atoms with Crippen LogP contribution in [0.1, 0.15) is 0 Å². The van der Waals surface area contributed by atoms with Gasteiger partial charge in [-0.3, -0.25) is 0 Å². The second-order valence-electron chi connectivity index (χ2n) is 3.91. The number of halogens is 1. The molecule has 0 N–H and O–H groups in total. The Labute approximate surface area is 127 Å². The molecule has 0 saturated carbocycles. The van der Waals surface area contributed by atoms with Crippen LogP contribution in [0.25, 0.3) is 0 Å². The summed E-state index contributed by atoms with van der Waals surface area (Å²) in [7, 11) is -0.517. The SMILES string of the molecule is O=C(Cl)OCCP(c1ccccc1)c1ccccc1.[B]. The Morgan fingerprint density at radius 1 is 0.950 bits per heavy atom. The molecule has 0 aliphatic rings. The zero-order valence-electron chi connectivity index (χ0n) is 10.9. The lowest BCUT2D eigenvalue weighted by atomic mass is 10.4. The standard InChI is InChI=1S/C15H14ClO2P.B/c16-15(17)18-11-12-19(13-7-3-1-4-8-13)14-9-5-2-6-10-14;/h1-10H,11-12H2;. The van der Waals surface area contributed by atoms with E-state index in [-0.39, 0.29) is 8.41 Å². The third-order valence-corrected chi connectivity index (χ3v) is 5.25. The molecule has 0 heterocycles. The fourth-order valence-corrected chi connectivity index (χ4v) is 4.07. The van der Waals surface area contributed by atoms with Crippen LogP contribution in [0.4, 0.5) is 4.79 Å². The molecule has 3 radical (unpaired) electrons. The lowest BCUT2D eigenvalue weighted by Gasteiger charge is -2.18. The van der Waals surface area contributed by atoms with Crippen LogP contribution in [0.5, 0.6) is 0 Å². The van der Waals surface area contributed by atoms with Gasteiger partial charge in [-0.1, -0.05) is 60.7 Å². The van der Waals surface area contributed by atoms with Gasteiger partial charge < -0.3 is 4.74 Å². The van der Waals surface area contributed by atoms with Crippen LogP contribution < -0.4 is 10.6 Å². The predicted octanol–water partition coefficient (Wildman–Crippen LogP) is 3.11. The van der Waals surface area contributed by atoms with Crippen LogP contribution in [-0.4, -0.2) is 26.6 Å². The van der Waals surface area contributed by atoms with Crippen LogP contribution in [0.3, 0.4) is 0 Å². The smallest absolute Gasteiger partial charge is 0.403 e. The van der Waals surface area contributed by atoms with Gasteiger partial charge >= 0.3 is 5.43 Å². The van der Waals surface area contributed by atoms with E-state index >= 15 is 0 Å². The second kappa shape index (κ2) is 8.78. The Kier molecular flexibility index (Phi) is 7.36. The highest BCUT2D eigenvalue weighted by atomic mass is 35.5. The average Bonchev–Trinajstić information content (AvgIpc) is 2.45. The molecule has 0 aromatic heterocycles. The second-order valence-corrected chi connectivity index (χ2v) is 6.55. The van der Waals surface area contributed by atoms with Crippen molar-refractivity contribution in [3.63, 3.8) is 0 Å². The maximum absolute atomic E-state index is 10.6. The van der Waals surface area contributed by atoms with Gasteiger partial charge in [0.2, 0.25) is 0 Å². The molecule has 2 aromatic carbocycles. The minimum absolute atomic E-state index is 0. The van der Waals surface area contributed by atoms with E-state index in [0.29, 0.717) is 6.61 Å². The van der Waals surface area contributed by atoms with E-state index < -0.39 is 13.4 Å². The van der Waals surface area contributed by atoms with Gasteiger partial charge in [-0.15, -0.1) is 0 Å². The van der Waals surface area contributed by atoms with E-state index in [4.69, 9.17) is 16.3 Å². The Bertz CT molecular complexity index is 482. The molecule has 2 aromatic rings. The fraction of sp³-hybridized carbons (Fsp3) is 0.133. The number of hydrogen-bond donors (Lipinski definition) is 0. The maximum atomic E-state index is 10.6. The van der Waals surface area contributed by atoms with Crippen LogP contribution in [0.15, 0.2) is 60.7 Å². The number of benzene rings is 2. The van der Waals surface area contributed by atoms with E-state index in [2.05, 4.69) is 24.3 Å². The number of rotatable bonds is 5. The summed E-state index contributed by atoms with van der Waals surface area (Å²) in [5, 5.41) is 2.55. The van der Waals surface area contributed by atoms with Crippen LogP contribution in [0.2, 0.25) is 0 Å². The molecule has 0 aliphatic carbocycles. The molecule has 0 unspecified atom stereocenters. The van der Waals surface area contributed by atoms with Crippen molar-refractivity contribution >= 4 is 44.0 Å². The topological polar surface area (TPSA) is 26.3 Å². The first-order valence-corrected chi connectivity index (χ1v) is 7.88. The average molecular weight is 304 g/mol. The molecule has 2 nitrogen and oxygen atoms in total. The summed E-state index contributed by atoms with van der Waals surface area (Å²) < 4.78 is 4.86. The minimum atomic E-state index is -0.740. The summed E-state index contributed by atoms with van der Waals surface area (Å²) in [6.45, 7) is 0.345. The van der Waals surface area contributed by atoms with Crippen molar-refractivity contribution in [3.8, 4) is 0 Å². The first kappa shape index (κ1) is 16.7. The molecular weight excluding hydrogens is 289 g/mol. The molecule has 0 spiro atoms.